The minimum Gasteiger partial charge on any atom is -0.298 e. The van der Waals surface area contributed by atoms with Crippen LogP contribution in [-0.2, 0) is 9.59 Å². The molecule has 0 radical (unpaired) electrons. The first-order chi connectivity index (χ1) is 9.86. The van der Waals surface area contributed by atoms with Crippen molar-refractivity contribution in [1.82, 2.24) is 10.2 Å². The monoisotopic (exact) mass is 432 g/mol. The van der Waals surface area contributed by atoms with Crippen molar-refractivity contribution in [2.24, 2.45) is 0 Å². The largest absolute Gasteiger partial charge is 0.298 e. The van der Waals surface area contributed by atoms with E-state index >= 15 is 0 Å². The highest BCUT2D eigenvalue weighted by Crippen LogP contribution is 2.31. The van der Waals surface area contributed by atoms with Crippen LogP contribution in [0.5, 0.6) is 0 Å². The summed E-state index contributed by atoms with van der Waals surface area (Å²) >= 11 is 8.81. The minimum atomic E-state index is -0.454. The fraction of sp³-hybridized carbons (Fsp3) is 0.214. The van der Waals surface area contributed by atoms with Crippen LogP contribution >= 0.6 is 46.1 Å². The van der Waals surface area contributed by atoms with Crippen molar-refractivity contribution in [2.75, 3.05) is 6.54 Å². The van der Waals surface area contributed by atoms with Crippen LogP contribution in [0.15, 0.2) is 18.2 Å². The Hall–Kier alpha value is -1.06. The molecule has 0 aliphatic carbocycles. The van der Waals surface area contributed by atoms with Gasteiger partial charge in [-0.05, 0) is 60.3 Å². The van der Waals surface area contributed by atoms with Crippen molar-refractivity contribution < 1.29 is 9.59 Å². The molecule has 1 aromatic heterocycles. The number of carbonyl (C=O) groups is 2. The highest BCUT2D eigenvalue weighted by atomic mass is 127. The zero-order valence-electron chi connectivity index (χ0n) is 11.5. The lowest BCUT2D eigenvalue weighted by Crippen LogP contribution is -2.53. The van der Waals surface area contributed by atoms with Crippen LogP contribution in [0, 0.1) is 17.4 Å². The number of nitrogens with zero attached hydrogens (tertiary/aromatic N) is 1. The molecule has 0 aromatic carbocycles. The third-order valence-electron chi connectivity index (χ3n) is 3.11. The lowest BCUT2D eigenvalue weighted by atomic mass is 10.1. The molecule has 2 amide bonds. The van der Waals surface area contributed by atoms with E-state index in [-0.39, 0.29) is 23.1 Å². The molecule has 21 heavy (non-hydrogen) atoms. The molecule has 1 fully saturated rings. The van der Waals surface area contributed by atoms with Crippen molar-refractivity contribution in [1.29, 1.82) is 0 Å². The number of halogens is 1. The Morgan fingerprint density at radius 3 is 2.62 bits per heavy atom. The number of hydrogen-bond donors (Lipinski definition) is 1. The van der Waals surface area contributed by atoms with Crippen LogP contribution < -0.4 is 5.32 Å². The van der Waals surface area contributed by atoms with Crippen LogP contribution in [0.4, 0.5) is 0 Å². The number of rotatable bonds is 3. The highest BCUT2D eigenvalue weighted by molar-refractivity contribution is 14.1. The standard InChI is InChI=1S/C14H13IN2O2S2/c1-4-5-17-13(19)9(12(18)16-14(17)20)6-10-11(15)7(2)8(3)21-10/h4,6H,1,5H2,2-3H3,(H,16,18,20). The molecule has 1 aromatic rings. The average Bonchev–Trinajstić information content (AvgIpc) is 2.67. The molecule has 0 spiro atoms. The van der Waals surface area contributed by atoms with Gasteiger partial charge in [-0.25, -0.2) is 0 Å². The van der Waals surface area contributed by atoms with Crippen LogP contribution in [0.25, 0.3) is 6.08 Å². The van der Waals surface area contributed by atoms with Crippen molar-refractivity contribution in [3.05, 3.63) is 37.1 Å². The Morgan fingerprint density at radius 1 is 1.43 bits per heavy atom. The third kappa shape index (κ3) is 3.09. The quantitative estimate of drug-likeness (QED) is 0.263. The Balaban J connectivity index is 2.45. The maximum Gasteiger partial charge on any atom is 0.265 e. The third-order valence-corrected chi connectivity index (χ3v) is 6.34. The summed E-state index contributed by atoms with van der Waals surface area (Å²) < 4.78 is 1.06. The molecular formula is C14H13IN2O2S2. The molecule has 4 nitrogen and oxygen atoms in total. The van der Waals surface area contributed by atoms with Crippen LogP contribution in [0.1, 0.15) is 15.3 Å². The number of amides is 2. The Kier molecular flexibility index (Phi) is 4.95. The lowest BCUT2D eigenvalue weighted by molar-refractivity contribution is -0.128. The number of nitrogens with one attached hydrogen (secondary N) is 1. The van der Waals surface area contributed by atoms with Gasteiger partial charge >= 0.3 is 0 Å². The van der Waals surface area contributed by atoms with Gasteiger partial charge in [0.05, 0.1) is 0 Å². The Morgan fingerprint density at radius 2 is 2.10 bits per heavy atom. The van der Waals surface area contributed by atoms with Crippen molar-refractivity contribution in [2.45, 2.75) is 13.8 Å². The molecule has 7 heteroatoms. The second-order valence-corrected chi connectivity index (χ2v) is 7.20. The van der Waals surface area contributed by atoms with Gasteiger partial charge in [0.2, 0.25) is 0 Å². The molecule has 1 aliphatic heterocycles. The summed E-state index contributed by atoms with van der Waals surface area (Å²) in [6, 6.07) is 0. The zero-order valence-corrected chi connectivity index (χ0v) is 15.3. The van der Waals surface area contributed by atoms with E-state index in [0.717, 1.165) is 8.45 Å². The molecule has 0 bridgehead atoms. The van der Waals surface area contributed by atoms with Gasteiger partial charge < -0.3 is 0 Å². The molecule has 110 valence electrons. The van der Waals surface area contributed by atoms with Crippen LogP contribution in [0.3, 0.4) is 0 Å². The van der Waals surface area contributed by atoms with Gasteiger partial charge in [0.15, 0.2) is 5.11 Å². The minimum absolute atomic E-state index is 0.101. The second-order valence-electron chi connectivity index (χ2n) is 4.48. The number of aryl methyl sites for hydroxylation is 1. The van der Waals surface area contributed by atoms with Gasteiger partial charge in [-0.2, -0.15) is 0 Å². The van der Waals surface area contributed by atoms with E-state index in [2.05, 4.69) is 34.5 Å². The summed E-state index contributed by atoms with van der Waals surface area (Å²) in [6.07, 6.45) is 3.21. The summed E-state index contributed by atoms with van der Waals surface area (Å²) in [5.41, 5.74) is 1.28. The molecule has 0 unspecified atom stereocenters. The Bertz CT molecular complexity index is 691. The van der Waals surface area contributed by atoms with E-state index in [4.69, 9.17) is 12.2 Å². The zero-order chi connectivity index (χ0) is 15.7. The van der Waals surface area contributed by atoms with E-state index in [9.17, 15) is 9.59 Å². The summed E-state index contributed by atoms with van der Waals surface area (Å²) in [5.74, 6) is -0.840. The van der Waals surface area contributed by atoms with E-state index in [0.29, 0.717) is 0 Å². The first-order valence-corrected chi connectivity index (χ1v) is 8.42. The summed E-state index contributed by atoms with van der Waals surface area (Å²) in [4.78, 5) is 27.9. The van der Waals surface area contributed by atoms with Gasteiger partial charge in [0.25, 0.3) is 11.8 Å². The number of thiocarbonyl (C=S) groups is 1. The van der Waals surface area contributed by atoms with Gasteiger partial charge in [0.1, 0.15) is 5.57 Å². The molecule has 0 atom stereocenters. The maximum absolute atomic E-state index is 12.4. The van der Waals surface area contributed by atoms with Crippen molar-refractivity contribution in [3.63, 3.8) is 0 Å². The van der Waals surface area contributed by atoms with Crippen molar-refractivity contribution >= 4 is 69.1 Å². The molecule has 1 saturated heterocycles. The van der Waals surface area contributed by atoms with Crippen LogP contribution in [-0.4, -0.2) is 28.4 Å². The molecule has 2 rings (SSSR count). The van der Waals surface area contributed by atoms with E-state index < -0.39 is 5.91 Å². The predicted octanol–water partition coefficient (Wildman–Crippen LogP) is 2.78. The topological polar surface area (TPSA) is 49.4 Å². The molecular weight excluding hydrogens is 419 g/mol. The fourth-order valence-corrected chi connectivity index (χ4v) is 4.17. The molecule has 2 heterocycles. The molecule has 0 saturated carbocycles. The normalized spacial score (nSPS) is 17.4. The van der Waals surface area contributed by atoms with Gasteiger partial charge in [-0.1, -0.05) is 6.08 Å². The Labute approximate surface area is 146 Å². The van der Waals surface area contributed by atoms with E-state index in [1.165, 1.54) is 15.3 Å². The SMILES string of the molecule is C=CCN1C(=O)C(=Cc2sc(C)c(C)c2I)C(=O)NC1=S. The van der Waals surface area contributed by atoms with Gasteiger partial charge in [-0.3, -0.25) is 19.8 Å². The van der Waals surface area contributed by atoms with Gasteiger partial charge in [-0.15, -0.1) is 17.9 Å². The highest BCUT2D eigenvalue weighted by Gasteiger charge is 2.32. The number of thiophene rings is 1. The molecule has 1 aliphatic rings. The van der Waals surface area contributed by atoms with E-state index in [1.54, 1.807) is 23.5 Å². The fourth-order valence-electron chi connectivity index (χ4n) is 1.84. The summed E-state index contributed by atoms with van der Waals surface area (Å²) in [5, 5.41) is 2.66. The smallest absolute Gasteiger partial charge is 0.265 e. The second kappa shape index (κ2) is 6.37. The first-order valence-electron chi connectivity index (χ1n) is 6.12. The summed E-state index contributed by atoms with van der Waals surface area (Å²) in [7, 11) is 0. The summed E-state index contributed by atoms with van der Waals surface area (Å²) in [6.45, 7) is 7.91. The molecule has 1 N–H and O–H groups in total. The first kappa shape index (κ1) is 16.3. The predicted molar refractivity (Wildman–Crippen MR) is 97.1 cm³/mol. The number of hydrogen-bond acceptors (Lipinski definition) is 4. The van der Waals surface area contributed by atoms with Crippen LogP contribution in [0.2, 0.25) is 0 Å². The average molecular weight is 432 g/mol. The van der Waals surface area contributed by atoms with Gasteiger partial charge in [0, 0.05) is 19.9 Å². The maximum atomic E-state index is 12.4. The number of carbonyl (C=O) groups excluding carboxylic acids is 2. The lowest BCUT2D eigenvalue weighted by Gasteiger charge is -2.27. The van der Waals surface area contributed by atoms with E-state index in [1.807, 2.05) is 13.8 Å². The van der Waals surface area contributed by atoms with Crippen molar-refractivity contribution in [3.8, 4) is 0 Å².